The first-order valence-corrected chi connectivity index (χ1v) is 4.02. The van der Waals surface area contributed by atoms with Crippen molar-refractivity contribution in [3.05, 3.63) is 27.8 Å². The fourth-order valence-corrected chi connectivity index (χ4v) is 1.48. The van der Waals surface area contributed by atoms with Crippen molar-refractivity contribution < 1.29 is 0 Å². The molecule has 1 nitrogen and oxygen atoms in total. The number of hydrogen-bond acceptors (Lipinski definition) is 2. The van der Waals surface area contributed by atoms with Crippen LogP contribution in [0.5, 0.6) is 0 Å². The Bertz CT molecular complexity index is 202. The van der Waals surface area contributed by atoms with Crippen molar-refractivity contribution in [2.24, 2.45) is 0 Å². The fraction of sp³-hybridized carbons (Fsp3) is 0. The van der Waals surface area contributed by atoms with Gasteiger partial charge in [0.05, 0.1) is 5.69 Å². The van der Waals surface area contributed by atoms with E-state index in [0.29, 0.717) is 0 Å². The molecule has 0 bridgehead atoms. The summed E-state index contributed by atoms with van der Waals surface area (Å²) in [5.74, 6) is 0. The Morgan fingerprint density at radius 3 is 2.44 bits per heavy atom. The minimum Gasteiger partial charge on any atom is -0.331 e. The second-order valence-electron chi connectivity index (χ2n) is 1.59. The monoisotopic (exact) mass is 251 g/mol. The van der Waals surface area contributed by atoms with Gasteiger partial charge in [0.1, 0.15) is 0 Å². The van der Waals surface area contributed by atoms with Gasteiger partial charge >= 0.3 is 0 Å². The van der Waals surface area contributed by atoms with Crippen LogP contribution in [-0.2, 0) is 0 Å². The van der Waals surface area contributed by atoms with Gasteiger partial charge in [-0.2, -0.15) is 0 Å². The van der Waals surface area contributed by atoms with Gasteiger partial charge in [-0.05, 0) is 34.7 Å². The van der Waals surface area contributed by atoms with E-state index in [0.717, 1.165) is 5.69 Å². The van der Waals surface area contributed by atoms with E-state index in [1.165, 1.54) is 3.57 Å². The van der Waals surface area contributed by atoms with Crippen LogP contribution in [0.15, 0.2) is 24.3 Å². The van der Waals surface area contributed by atoms with Gasteiger partial charge in [0, 0.05) is 3.57 Å². The summed E-state index contributed by atoms with van der Waals surface area (Å²) in [6.45, 7) is 0. The molecule has 1 N–H and O–H groups in total. The molecular weight excluding hydrogens is 245 g/mol. The highest BCUT2D eigenvalue weighted by Gasteiger charge is 1.91. The number of hydrogen-bond donors (Lipinski definition) is 2. The Morgan fingerprint density at radius 2 is 2.00 bits per heavy atom. The lowest BCUT2D eigenvalue weighted by atomic mass is 10.3. The molecule has 1 rings (SSSR count). The summed E-state index contributed by atoms with van der Waals surface area (Å²) >= 11 is 6.17. The quantitative estimate of drug-likeness (QED) is 0.577. The average molecular weight is 251 g/mol. The molecule has 0 spiro atoms. The zero-order chi connectivity index (χ0) is 6.69. The molecule has 0 aliphatic heterocycles. The van der Waals surface area contributed by atoms with Gasteiger partial charge in [0.15, 0.2) is 0 Å². The first-order valence-electron chi connectivity index (χ1n) is 2.49. The Morgan fingerprint density at radius 1 is 1.33 bits per heavy atom. The largest absolute Gasteiger partial charge is 0.331 e. The lowest BCUT2D eigenvalue weighted by molar-refractivity contribution is 1.63. The van der Waals surface area contributed by atoms with Gasteiger partial charge in [-0.15, -0.1) is 0 Å². The minimum atomic E-state index is 1.06. The molecule has 0 saturated carbocycles. The number of thiol groups is 1. The van der Waals surface area contributed by atoms with Gasteiger partial charge in [-0.25, -0.2) is 0 Å². The van der Waals surface area contributed by atoms with Gasteiger partial charge in [0.25, 0.3) is 0 Å². The van der Waals surface area contributed by atoms with E-state index >= 15 is 0 Å². The molecule has 3 heteroatoms. The molecule has 0 heterocycles. The molecule has 0 fully saturated rings. The molecule has 0 atom stereocenters. The summed E-state index contributed by atoms with van der Waals surface area (Å²) in [5, 5.41) is 0. The molecule has 0 saturated heterocycles. The maximum absolute atomic E-state index is 3.93. The number of para-hydroxylation sites is 1. The summed E-state index contributed by atoms with van der Waals surface area (Å²) < 4.78 is 3.97. The summed E-state index contributed by atoms with van der Waals surface area (Å²) in [6, 6.07) is 7.98. The molecule has 0 radical (unpaired) electrons. The molecule has 48 valence electrons. The Hall–Kier alpha value is 0.100. The van der Waals surface area contributed by atoms with E-state index in [2.05, 4.69) is 40.1 Å². The number of rotatable bonds is 1. The first kappa shape index (κ1) is 7.21. The van der Waals surface area contributed by atoms with Crippen molar-refractivity contribution in [1.82, 2.24) is 0 Å². The average Bonchev–Trinajstić information content (AvgIpc) is 1.89. The lowest BCUT2D eigenvalue weighted by Crippen LogP contribution is -1.82. The van der Waals surface area contributed by atoms with E-state index < -0.39 is 0 Å². The van der Waals surface area contributed by atoms with Crippen molar-refractivity contribution in [2.45, 2.75) is 0 Å². The molecule has 0 aliphatic rings. The number of nitrogens with one attached hydrogen (secondary N) is 1. The van der Waals surface area contributed by atoms with Crippen molar-refractivity contribution in [1.29, 1.82) is 0 Å². The number of anilines is 1. The first-order chi connectivity index (χ1) is 4.34. The minimum absolute atomic E-state index is 1.06. The molecule has 9 heavy (non-hydrogen) atoms. The summed E-state index contributed by atoms with van der Waals surface area (Å²) in [7, 11) is 0. The molecule has 0 amide bonds. The van der Waals surface area contributed by atoms with Gasteiger partial charge in [-0.3, -0.25) is 0 Å². The van der Waals surface area contributed by atoms with E-state index in [-0.39, 0.29) is 0 Å². The van der Waals surface area contributed by atoms with E-state index in [9.17, 15) is 0 Å². The lowest BCUT2D eigenvalue weighted by Gasteiger charge is -1.98. The molecule has 0 aromatic heterocycles. The van der Waals surface area contributed by atoms with Crippen LogP contribution in [0.1, 0.15) is 0 Å². The van der Waals surface area contributed by atoms with Crippen LogP contribution in [0.2, 0.25) is 0 Å². The van der Waals surface area contributed by atoms with Gasteiger partial charge in [0.2, 0.25) is 0 Å². The van der Waals surface area contributed by atoms with Crippen LogP contribution in [0, 0.1) is 3.57 Å². The normalized spacial score (nSPS) is 9.11. The second-order valence-corrected chi connectivity index (χ2v) is 2.98. The standard InChI is InChI=1S/C6H6INS/c7-5-3-1-2-4-6(5)8-9/h1-4,8-9H. The van der Waals surface area contributed by atoms with Crippen LogP contribution in [-0.4, -0.2) is 0 Å². The molecule has 0 aliphatic carbocycles. The highest BCUT2D eigenvalue weighted by atomic mass is 127. The summed E-state index contributed by atoms with van der Waals surface area (Å²) in [4.78, 5) is 0. The maximum Gasteiger partial charge on any atom is 0.0573 e. The zero-order valence-electron chi connectivity index (χ0n) is 4.63. The molecular formula is C6H6INS. The fourth-order valence-electron chi connectivity index (χ4n) is 0.552. The van der Waals surface area contributed by atoms with Crippen molar-refractivity contribution >= 4 is 41.1 Å². The Labute approximate surface area is 73.5 Å². The van der Waals surface area contributed by atoms with Crippen LogP contribution in [0.25, 0.3) is 0 Å². The molecule has 0 unspecified atom stereocenters. The summed E-state index contributed by atoms with van der Waals surface area (Å²) in [5.41, 5.74) is 1.06. The van der Waals surface area contributed by atoms with Crippen LogP contribution in [0.3, 0.4) is 0 Å². The van der Waals surface area contributed by atoms with E-state index in [4.69, 9.17) is 0 Å². The zero-order valence-corrected chi connectivity index (χ0v) is 7.69. The molecule has 1 aromatic rings. The molecule has 1 aromatic carbocycles. The third kappa shape index (κ3) is 1.76. The summed E-state index contributed by atoms with van der Waals surface area (Å²) in [6.07, 6.45) is 0. The Kier molecular flexibility index (Phi) is 2.65. The van der Waals surface area contributed by atoms with Gasteiger partial charge in [-0.1, -0.05) is 24.9 Å². The predicted octanol–water partition coefficient (Wildman–Crippen LogP) is 2.55. The van der Waals surface area contributed by atoms with Gasteiger partial charge < -0.3 is 4.72 Å². The smallest absolute Gasteiger partial charge is 0.0573 e. The van der Waals surface area contributed by atoms with Crippen LogP contribution < -0.4 is 4.72 Å². The third-order valence-corrected chi connectivity index (χ3v) is 2.18. The highest BCUT2D eigenvalue weighted by Crippen LogP contribution is 2.16. The SMILES string of the molecule is SNc1ccccc1I. The highest BCUT2D eigenvalue weighted by molar-refractivity contribution is 14.1. The second kappa shape index (κ2) is 3.31. The maximum atomic E-state index is 3.93. The van der Waals surface area contributed by atoms with Crippen molar-refractivity contribution in [3.63, 3.8) is 0 Å². The number of halogens is 1. The van der Waals surface area contributed by atoms with E-state index in [1.807, 2.05) is 24.3 Å². The van der Waals surface area contributed by atoms with Crippen LogP contribution in [0.4, 0.5) is 5.69 Å². The van der Waals surface area contributed by atoms with Crippen LogP contribution >= 0.6 is 35.4 Å². The van der Waals surface area contributed by atoms with E-state index in [1.54, 1.807) is 0 Å². The third-order valence-electron chi connectivity index (χ3n) is 0.994. The Balaban J connectivity index is 3.01. The van der Waals surface area contributed by atoms with Crippen molar-refractivity contribution in [3.8, 4) is 0 Å². The van der Waals surface area contributed by atoms with Crippen molar-refractivity contribution in [2.75, 3.05) is 4.72 Å². The topological polar surface area (TPSA) is 12.0 Å². The predicted molar refractivity (Wildman–Crippen MR) is 51.8 cm³/mol. The number of benzene rings is 1.